The molecule has 0 spiro atoms. The van der Waals surface area contributed by atoms with Gasteiger partial charge in [-0.2, -0.15) is 0 Å². The average molecular weight is 420 g/mol. The molecule has 8 heteroatoms. The minimum Gasteiger partial charge on any atom is -0.486 e. The summed E-state index contributed by atoms with van der Waals surface area (Å²) in [4.78, 5) is 28.8. The molecule has 1 N–H and O–H groups in total. The van der Waals surface area contributed by atoms with Crippen LogP contribution in [0.15, 0.2) is 18.2 Å². The maximum absolute atomic E-state index is 12.9. The van der Waals surface area contributed by atoms with Crippen LogP contribution < -0.4 is 14.8 Å². The number of nitrogens with zero attached hydrogens (tertiary/aromatic N) is 2. The van der Waals surface area contributed by atoms with Crippen molar-refractivity contribution >= 4 is 23.7 Å². The Labute approximate surface area is 176 Å². The van der Waals surface area contributed by atoms with Crippen LogP contribution in [0.25, 0.3) is 0 Å². The lowest BCUT2D eigenvalue weighted by Gasteiger charge is -2.35. The SMILES string of the molecule is CCNC(=O)N1CCC(CN2C(=O)C(C)SC2c2ccc3c(c2)OCCO3)CC1. The molecule has 0 bridgehead atoms. The van der Waals surface area contributed by atoms with Gasteiger partial charge in [0, 0.05) is 26.2 Å². The van der Waals surface area contributed by atoms with Gasteiger partial charge in [0.25, 0.3) is 0 Å². The topological polar surface area (TPSA) is 71.1 Å². The third-order valence-corrected chi connectivity index (χ3v) is 7.18. The van der Waals surface area contributed by atoms with Crippen molar-refractivity contribution in [1.29, 1.82) is 0 Å². The summed E-state index contributed by atoms with van der Waals surface area (Å²) in [7, 11) is 0. The first-order valence-electron chi connectivity index (χ1n) is 10.4. The van der Waals surface area contributed by atoms with Gasteiger partial charge in [0.15, 0.2) is 11.5 Å². The molecule has 1 aromatic rings. The number of ether oxygens (including phenoxy) is 2. The van der Waals surface area contributed by atoms with Crippen LogP contribution in [-0.4, -0.2) is 66.4 Å². The first-order valence-corrected chi connectivity index (χ1v) is 11.4. The zero-order valence-corrected chi connectivity index (χ0v) is 17.9. The van der Waals surface area contributed by atoms with Crippen molar-refractivity contribution in [3.63, 3.8) is 0 Å². The van der Waals surface area contributed by atoms with Gasteiger partial charge in [0.05, 0.1) is 5.25 Å². The van der Waals surface area contributed by atoms with Gasteiger partial charge in [-0.1, -0.05) is 6.07 Å². The molecule has 4 rings (SSSR count). The van der Waals surface area contributed by atoms with Gasteiger partial charge in [0.1, 0.15) is 18.6 Å². The van der Waals surface area contributed by atoms with E-state index in [0.717, 1.165) is 49.5 Å². The van der Waals surface area contributed by atoms with Crippen LogP contribution in [0.3, 0.4) is 0 Å². The van der Waals surface area contributed by atoms with E-state index in [2.05, 4.69) is 5.32 Å². The normalized spacial score (nSPS) is 24.7. The molecule has 2 fully saturated rings. The van der Waals surface area contributed by atoms with Crippen LogP contribution in [0.4, 0.5) is 4.79 Å². The second kappa shape index (κ2) is 8.73. The minimum absolute atomic E-state index is 0.00486. The molecule has 1 aromatic carbocycles. The summed E-state index contributed by atoms with van der Waals surface area (Å²) in [6.45, 7) is 7.91. The summed E-state index contributed by atoms with van der Waals surface area (Å²) in [6.07, 6.45) is 1.85. The highest BCUT2D eigenvalue weighted by molar-refractivity contribution is 8.01. The number of amides is 3. The van der Waals surface area contributed by atoms with Gasteiger partial charge >= 0.3 is 6.03 Å². The van der Waals surface area contributed by atoms with E-state index in [1.165, 1.54) is 0 Å². The van der Waals surface area contributed by atoms with Crippen molar-refractivity contribution in [3.05, 3.63) is 23.8 Å². The van der Waals surface area contributed by atoms with Crippen LogP contribution >= 0.6 is 11.8 Å². The summed E-state index contributed by atoms with van der Waals surface area (Å²) in [5.41, 5.74) is 1.08. The molecule has 0 saturated carbocycles. The molecule has 2 unspecified atom stereocenters. The summed E-state index contributed by atoms with van der Waals surface area (Å²) < 4.78 is 11.4. The Bertz CT molecular complexity index is 766. The van der Waals surface area contributed by atoms with Crippen molar-refractivity contribution in [2.75, 3.05) is 39.4 Å². The van der Waals surface area contributed by atoms with Crippen molar-refractivity contribution in [3.8, 4) is 11.5 Å². The Morgan fingerprint density at radius 2 is 1.93 bits per heavy atom. The first-order chi connectivity index (χ1) is 14.1. The fourth-order valence-corrected chi connectivity index (χ4v) is 5.47. The average Bonchev–Trinajstić information content (AvgIpc) is 3.02. The summed E-state index contributed by atoms with van der Waals surface area (Å²) in [6, 6.07) is 6.02. The maximum atomic E-state index is 12.9. The number of benzene rings is 1. The third kappa shape index (κ3) is 4.27. The fraction of sp³-hybridized carbons (Fsp3) is 0.619. The van der Waals surface area contributed by atoms with E-state index in [-0.39, 0.29) is 22.6 Å². The van der Waals surface area contributed by atoms with Gasteiger partial charge in [-0.25, -0.2) is 4.79 Å². The molecule has 7 nitrogen and oxygen atoms in total. The molecule has 0 aliphatic carbocycles. The van der Waals surface area contributed by atoms with Gasteiger partial charge < -0.3 is 24.6 Å². The zero-order valence-electron chi connectivity index (χ0n) is 17.1. The van der Waals surface area contributed by atoms with Crippen molar-refractivity contribution < 1.29 is 19.1 Å². The van der Waals surface area contributed by atoms with Gasteiger partial charge in [-0.15, -0.1) is 11.8 Å². The molecule has 2 saturated heterocycles. The number of rotatable bonds is 4. The maximum Gasteiger partial charge on any atom is 0.317 e. The smallest absolute Gasteiger partial charge is 0.317 e. The summed E-state index contributed by atoms with van der Waals surface area (Å²) in [5, 5.41) is 2.81. The summed E-state index contributed by atoms with van der Waals surface area (Å²) >= 11 is 1.69. The zero-order chi connectivity index (χ0) is 20.4. The van der Waals surface area contributed by atoms with Gasteiger partial charge in [-0.05, 0) is 50.3 Å². The van der Waals surface area contributed by atoms with E-state index >= 15 is 0 Å². The first kappa shape index (κ1) is 20.2. The monoisotopic (exact) mass is 419 g/mol. The summed E-state index contributed by atoms with van der Waals surface area (Å²) in [5.74, 6) is 2.14. The number of nitrogens with one attached hydrogen (secondary N) is 1. The Hall–Kier alpha value is -2.09. The Morgan fingerprint density at radius 1 is 1.21 bits per heavy atom. The molecule has 3 amide bonds. The molecule has 3 heterocycles. The fourth-order valence-electron chi connectivity index (χ4n) is 4.19. The predicted octanol–water partition coefficient (Wildman–Crippen LogP) is 2.86. The lowest BCUT2D eigenvalue weighted by atomic mass is 9.96. The van der Waals surface area contributed by atoms with Crippen LogP contribution in [0.2, 0.25) is 0 Å². The molecular formula is C21H29N3O4S. The molecular weight excluding hydrogens is 390 g/mol. The Balaban J connectivity index is 1.43. The highest BCUT2D eigenvalue weighted by Crippen LogP contribution is 2.45. The van der Waals surface area contributed by atoms with Crippen LogP contribution in [0.1, 0.15) is 37.6 Å². The lowest BCUT2D eigenvalue weighted by molar-refractivity contribution is -0.130. The number of fused-ring (bicyclic) bond motifs is 1. The molecule has 0 radical (unpaired) electrons. The lowest BCUT2D eigenvalue weighted by Crippen LogP contribution is -2.46. The second-order valence-electron chi connectivity index (χ2n) is 7.79. The molecule has 3 aliphatic heterocycles. The predicted molar refractivity (Wildman–Crippen MR) is 112 cm³/mol. The number of carbonyl (C=O) groups excluding carboxylic acids is 2. The van der Waals surface area contributed by atoms with E-state index in [1.54, 1.807) is 11.8 Å². The van der Waals surface area contributed by atoms with E-state index in [0.29, 0.717) is 25.7 Å². The molecule has 3 aliphatic rings. The van der Waals surface area contributed by atoms with Gasteiger partial charge in [0.2, 0.25) is 5.91 Å². The quantitative estimate of drug-likeness (QED) is 0.813. The highest BCUT2D eigenvalue weighted by Gasteiger charge is 2.40. The van der Waals surface area contributed by atoms with Crippen molar-refractivity contribution in [2.45, 2.75) is 37.3 Å². The number of hydrogen-bond acceptors (Lipinski definition) is 5. The third-order valence-electron chi connectivity index (χ3n) is 5.78. The minimum atomic E-state index is -0.0522. The van der Waals surface area contributed by atoms with Crippen LogP contribution in [0, 0.1) is 5.92 Å². The number of thioether (sulfide) groups is 1. The number of urea groups is 1. The van der Waals surface area contributed by atoms with Crippen LogP contribution in [-0.2, 0) is 4.79 Å². The number of hydrogen-bond donors (Lipinski definition) is 1. The van der Waals surface area contributed by atoms with E-state index in [4.69, 9.17) is 9.47 Å². The Morgan fingerprint density at radius 3 is 2.66 bits per heavy atom. The Kier molecular flexibility index (Phi) is 6.08. The number of carbonyl (C=O) groups is 2. The molecule has 0 aromatic heterocycles. The van der Waals surface area contributed by atoms with E-state index < -0.39 is 0 Å². The number of likely N-dealkylation sites (tertiary alicyclic amines) is 1. The molecule has 29 heavy (non-hydrogen) atoms. The standard InChI is InChI=1S/C21H29N3O4S/c1-3-22-21(26)23-8-6-15(7-9-23)13-24-19(25)14(2)29-20(24)16-4-5-17-18(12-16)28-11-10-27-17/h4-5,12,14-15,20H,3,6-11,13H2,1-2H3,(H,22,26). The molecule has 2 atom stereocenters. The van der Waals surface area contributed by atoms with Gasteiger partial charge in [-0.3, -0.25) is 4.79 Å². The molecule has 158 valence electrons. The van der Waals surface area contributed by atoms with E-state index in [9.17, 15) is 9.59 Å². The van der Waals surface area contributed by atoms with E-state index in [1.807, 2.05) is 41.8 Å². The van der Waals surface area contributed by atoms with Crippen molar-refractivity contribution in [2.24, 2.45) is 5.92 Å². The van der Waals surface area contributed by atoms with Crippen molar-refractivity contribution in [1.82, 2.24) is 15.1 Å². The largest absolute Gasteiger partial charge is 0.486 e. The van der Waals surface area contributed by atoms with Crippen LogP contribution in [0.5, 0.6) is 11.5 Å². The number of piperidine rings is 1. The second-order valence-corrected chi connectivity index (χ2v) is 9.22. The highest BCUT2D eigenvalue weighted by atomic mass is 32.2.